The van der Waals surface area contributed by atoms with E-state index in [0.717, 1.165) is 6.42 Å². The molecule has 0 amide bonds. The number of ketones is 1. The first-order chi connectivity index (χ1) is 8.55. The molecule has 3 rings (SSSR count). The first-order valence-electron chi connectivity index (χ1n) is 6.67. The predicted octanol–water partition coefficient (Wildman–Crippen LogP) is 3.04. The maximum absolute atomic E-state index is 12.4. The van der Waals surface area contributed by atoms with Crippen molar-refractivity contribution >= 4 is 5.78 Å². The second-order valence-electron chi connectivity index (χ2n) is 5.68. The molecule has 4 atom stereocenters. The lowest BCUT2D eigenvalue weighted by Crippen LogP contribution is -2.51. The summed E-state index contributed by atoms with van der Waals surface area (Å²) >= 11 is 0. The number of allylic oxidation sites excluding steroid dienone is 3. The van der Waals surface area contributed by atoms with Crippen molar-refractivity contribution in [3.05, 3.63) is 37.0 Å². The zero-order valence-corrected chi connectivity index (χ0v) is 11.1. The summed E-state index contributed by atoms with van der Waals surface area (Å²) < 4.78 is 0. The van der Waals surface area contributed by atoms with E-state index < -0.39 is 11.5 Å². The third-order valence-electron chi connectivity index (χ3n) is 4.63. The molecular formula is C16H22O2. The van der Waals surface area contributed by atoms with Gasteiger partial charge in [0.05, 0.1) is 11.5 Å². The van der Waals surface area contributed by atoms with E-state index in [0.29, 0.717) is 25.2 Å². The second kappa shape index (κ2) is 4.85. The van der Waals surface area contributed by atoms with E-state index in [1.54, 1.807) is 12.2 Å². The number of hydrogen-bond acceptors (Lipinski definition) is 2. The lowest BCUT2D eigenvalue weighted by atomic mass is 9.53. The van der Waals surface area contributed by atoms with Gasteiger partial charge in [-0.1, -0.05) is 23.8 Å². The minimum Gasteiger partial charge on any atom is -0.392 e. The normalized spacial score (nSPS) is 36.1. The van der Waals surface area contributed by atoms with Gasteiger partial charge in [-0.05, 0) is 32.1 Å². The molecule has 0 aromatic carbocycles. The van der Waals surface area contributed by atoms with Crippen LogP contribution in [0.25, 0.3) is 0 Å². The van der Waals surface area contributed by atoms with Gasteiger partial charge in [-0.3, -0.25) is 4.79 Å². The summed E-state index contributed by atoms with van der Waals surface area (Å²) in [6, 6.07) is 0. The predicted molar refractivity (Wildman–Crippen MR) is 73.0 cm³/mol. The number of fused-ring (bicyclic) bond motifs is 2. The van der Waals surface area contributed by atoms with Crippen LogP contribution in [0.4, 0.5) is 0 Å². The molecule has 1 fully saturated rings. The number of rotatable bonds is 5. The summed E-state index contributed by atoms with van der Waals surface area (Å²) in [5, 5.41) is 10.3. The molecule has 0 heterocycles. The van der Waals surface area contributed by atoms with Crippen molar-refractivity contribution in [3.63, 3.8) is 0 Å². The van der Waals surface area contributed by atoms with Crippen LogP contribution in [0.5, 0.6) is 0 Å². The number of Topliss-reactive ketones (excluding diaryl/α,β-unsaturated/α-hetero) is 1. The van der Waals surface area contributed by atoms with Crippen LogP contribution in [-0.2, 0) is 4.79 Å². The number of carbonyl (C=O) groups excluding carboxylic acids is 1. The third kappa shape index (κ3) is 1.89. The Kier molecular flexibility index (Phi) is 3.58. The van der Waals surface area contributed by atoms with Gasteiger partial charge in [0.25, 0.3) is 0 Å². The summed E-state index contributed by atoms with van der Waals surface area (Å²) in [7, 11) is 0. The van der Waals surface area contributed by atoms with Crippen molar-refractivity contribution in [2.24, 2.45) is 17.3 Å². The van der Waals surface area contributed by atoms with Gasteiger partial charge in [-0.25, -0.2) is 0 Å². The number of aliphatic hydroxyl groups excluding tert-OH is 1. The van der Waals surface area contributed by atoms with Crippen molar-refractivity contribution in [1.29, 1.82) is 0 Å². The van der Waals surface area contributed by atoms with E-state index in [1.165, 1.54) is 5.57 Å². The molecule has 0 aromatic heterocycles. The van der Waals surface area contributed by atoms with Crippen molar-refractivity contribution in [2.75, 3.05) is 0 Å². The van der Waals surface area contributed by atoms with Crippen molar-refractivity contribution in [1.82, 2.24) is 0 Å². The van der Waals surface area contributed by atoms with Gasteiger partial charge in [0.1, 0.15) is 5.78 Å². The van der Waals surface area contributed by atoms with Gasteiger partial charge < -0.3 is 5.11 Å². The molecule has 0 spiro atoms. The Morgan fingerprint density at radius 2 is 2.28 bits per heavy atom. The maximum Gasteiger partial charge on any atom is 0.144 e. The molecule has 2 nitrogen and oxygen atoms in total. The van der Waals surface area contributed by atoms with Crippen LogP contribution >= 0.6 is 0 Å². The molecule has 3 aliphatic rings. The minimum atomic E-state index is -0.511. The van der Waals surface area contributed by atoms with Crippen LogP contribution < -0.4 is 0 Å². The lowest BCUT2D eigenvalue weighted by Gasteiger charge is -2.50. The quantitative estimate of drug-likeness (QED) is 0.757. The molecule has 0 saturated heterocycles. The Morgan fingerprint density at radius 3 is 2.89 bits per heavy atom. The first-order valence-corrected chi connectivity index (χ1v) is 6.67. The van der Waals surface area contributed by atoms with Crippen molar-refractivity contribution in [3.8, 4) is 0 Å². The Hall–Kier alpha value is -1.15. The molecule has 3 aliphatic carbocycles. The van der Waals surface area contributed by atoms with Gasteiger partial charge in [0.15, 0.2) is 0 Å². The zero-order chi connectivity index (χ0) is 13.3. The number of carbonyl (C=O) groups is 1. The Balaban J connectivity index is 2.40. The highest BCUT2D eigenvalue weighted by Crippen LogP contribution is 2.53. The molecule has 1 N–H and O–H groups in total. The van der Waals surface area contributed by atoms with Gasteiger partial charge in [-0.2, -0.15) is 0 Å². The van der Waals surface area contributed by atoms with Crippen molar-refractivity contribution in [2.45, 2.75) is 38.7 Å². The van der Waals surface area contributed by atoms with Gasteiger partial charge >= 0.3 is 0 Å². The highest BCUT2D eigenvalue weighted by Gasteiger charge is 2.53. The fourth-order valence-corrected chi connectivity index (χ4v) is 3.68. The smallest absolute Gasteiger partial charge is 0.144 e. The number of hydrogen-bond donors (Lipinski definition) is 1. The molecule has 0 radical (unpaired) electrons. The molecule has 0 aliphatic heterocycles. The summed E-state index contributed by atoms with van der Waals surface area (Å²) in [5.74, 6) is 0.620. The molecular weight excluding hydrogens is 224 g/mol. The highest BCUT2D eigenvalue weighted by atomic mass is 16.3. The third-order valence-corrected chi connectivity index (χ3v) is 4.63. The molecule has 98 valence electrons. The molecule has 2 heteroatoms. The molecule has 0 unspecified atom stereocenters. The Labute approximate surface area is 109 Å². The zero-order valence-electron chi connectivity index (χ0n) is 11.1. The Bertz CT molecular complexity index is 407. The first kappa shape index (κ1) is 13.3. The fraction of sp³-hybridized carbons (Fsp3) is 0.562. The minimum absolute atomic E-state index is 0.0171. The Morgan fingerprint density at radius 1 is 1.56 bits per heavy atom. The summed E-state index contributed by atoms with van der Waals surface area (Å²) in [6.45, 7) is 9.56. The lowest BCUT2D eigenvalue weighted by molar-refractivity contribution is -0.138. The van der Waals surface area contributed by atoms with Crippen LogP contribution in [0.2, 0.25) is 0 Å². The largest absolute Gasteiger partial charge is 0.392 e. The van der Waals surface area contributed by atoms with Crippen LogP contribution in [0.3, 0.4) is 0 Å². The van der Waals surface area contributed by atoms with Crippen molar-refractivity contribution < 1.29 is 9.90 Å². The SMILES string of the molecule is C=CC[C@@H](O)[C@H]1C[C@@H]2CC(=O)[C@@]1(CC=C)C=C2C. The average molecular weight is 246 g/mol. The van der Waals surface area contributed by atoms with Crippen LogP contribution in [0.15, 0.2) is 37.0 Å². The molecule has 1 saturated carbocycles. The summed E-state index contributed by atoms with van der Waals surface area (Å²) in [4.78, 5) is 12.4. The topological polar surface area (TPSA) is 37.3 Å². The van der Waals surface area contributed by atoms with E-state index in [-0.39, 0.29) is 11.7 Å². The van der Waals surface area contributed by atoms with Gasteiger partial charge in [-0.15, -0.1) is 13.2 Å². The van der Waals surface area contributed by atoms with Crippen LogP contribution in [0.1, 0.15) is 32.6 Å². The maximum atomic E-state index is 12.4. The van der Waals surface area contributed by atoms with E-state index in [1.807, 2.05) is 0 Å². The van der Waals surface area contributed by atoms with E-state index in [2.05, 4.69) is 26.2 Å². The summed E-state index contributed by atoms with van der Waals surface area (Å²) in [6.07, 6.45) is 7.90. The highest BCUT2D eigenvalue weighted by molar-refractivity contribution is 5.90. The average Bonchev–Trinajstić information content (AvgIpc) is 2.31. The standard InChI is InChI=1S/C16H22O2/c1-4-6-14(17)13-8-12-9-15(18)16(13,7-5-2)10-11(12)3/h4-5,10,12-14,17H,1-2,6-9H2,3H3/t12-,13-,14-,16+/m1/s1. The number of aliphatic hydroxyl groups is 1. The van der Waals surface area contributed by atoms with Gasteiger partial charge in [0.2, 0.25) is 0 Å². The van der Waals surface area contributed by atoms with E-state index >= 15 is 0 Å². The second-order valence-corrected chi connectivity index (χ2v) is 5.68. The molecule has 0 aromatic rings. The fourth-order valence-electron chi connectivity index (χ4n) is 3.68. The summed E-state index contributed by atoms with van der Waals surface area (Å²) in [5.41, 5.74) is 0.793. The van der Waals surface area contributed by atoms with Gasteiger partial charge in [0, 0.05) is 12.3 Å². The van der Waals surface area contributed by atoms with Crippen LogP contribution in [0, 0.1) is 17.3 Å². The van der Waals surface area contributed by atoms with E-state index in [9.17, 15) is 9.90 Å². The molecule has 2 bridgehead atoms. The van der Waals surface area contributed by atoms with E-state index in [4.69, 9.17) is 0 Å². The van der Waals surface area contributed by atoms with Crippen LogP contribution in [-0.4, -0.2) is 17.0 Å². The molecule has 18 heavy (non-hydrogen) atoms. The monoisotopic (exact) mass is 246 g/mol.